The first kappa shape index (κ1) is 61.4. The number of aliphatic hydroxyl groups excluding tert-OH is 2. The molecule has 0 aromatic heterocycles. The summed E-state index contributed by atoms with van der Waals surface area (Å²) in [5, 5.41) is 67.5. The van der Waals surface area contributed by atoms with Gasteiger partial charge in [-0.15, -0.1) is 0 Å². The summed E-state index contributed by atoms with van der Waals surface area (Å²) in [5.41, 5.74) is 17.8. The van der Waals surface area contributed by atoms with Gasteiger partial charge in [0.15, 0.2) is 5.96 Å². The van der Waals surface area contributed by atoms with Crippen LogP contribution in [0.15, 0.2) is 53.5 Å². The van der Waals surface area contributed by atoms with E-state index in [9.17, 15) is 63.9 Å². The molecule has 2 aromatic carbocycles. The van der Waals surface area contributed by atoms with Crippen LogP contribution in [0.25, 0.3) is 0 Å². The van der Waals surface area contributed by atoms with Crippen LogP contribution in [0.2, 0.25) is 0 Å². The van der Waals surface area contributed by atoms with Crippen molar-refractivity contribution in [1.29, 1.82) is 0 Å². The number of aromatic hydroxyl groups is 2. The van der Waals surface area contributed by atoms with Crippen molar-refractivity contribution in [1.82, 2.24) is 37.2 Å². The zero-order valence-corrected chi connectivity index (χ0v) is 42.1. The van der Waals surface area contributed by atoms with E-state index in [0.717, 1.165) is 0 Å². The number of carboxylic acids is 1. The number of rotatable bonds is 32. The molecule has 0 saturated carbocycles. The SMILES string of the molecule is CSCC[C@H](NC(=O)[C@H](Cc1ccc(O)cc1)NC(=O)[C@H](Cc1ccc(O)cc1)NC(=O)[C@H](CO)NC(=O)[C@H](CO)NC(=O)[C@H](CC(C)C)NC(=O)[C@H](CCCN=C(N)N)NC(=O)[C@@H](N)CC(C)C)C(=O)O. The second-order valence-corrected chi connectivity index (χ2v) is 19.0. The van der Waals surface area contributed by atoms with Crippen molar-refractivity contribution in [2.45, 2.75) is 121 Å². The molecule has 7 amide bonds. The summed E-state index contributed by atoms with van der Waals surface area (Å²) < 4.78 is 0. The summed E-state index contributed by atoms with van der Waals surface area (Å²) in [6.07, 6.45) is 2.01. The maximum Gasteiger partial charge on any atom is 0.326 e. The Balaban J connectivity index is 2.37. The van der Waals surface area contributed by atoms with E-state index in [-0.39, 0.29) is 74.4 Å². The van der Waals surface area contributed by atoms with Crippen LogP contribution >= 0.6 is 11.8 Å². The molecule has 0 heterocycles. The Labute approximate surface area is 422 Å². The predicted octanol–water partition coefficient (Wildman–Crippen LogP) is -2.43. The molecule has 18 N–H and O–H groups in total. The molecular formula is C47H73N11O13S. The number of aliphatic hydroxyl groups is 2. The Morgan fingerprint density at radius 3 is 1.32 bits per heavy atom. The number of aliphatic imine (C=N–C) groups is 1. The van der Waals surface area contributed by atoms with E-state index in [1.165, 1.54) is 60.3 Å². The van der Waals surface area contributed by atoms with E-state index in [2.05, 4.69) is 42.2 Å². The van der Waals surface area contributed by atoms with Crippen LogP contribution in [0.1, 0.15) is 70.9 Å². The van der Waals surface area contributed by atoms with E-state index in [0.29, 0.717) is 23.3 Å². The first-order valence-electron chi connectivity index (χ1n) is 23.4. The minimum absolute atomic E-state index is 0.0284. The Bertz CT molecular complexity index is 2130. The highest BCUT2D eigenvalue weighted by molar-refractivity contribution is 7.98. The van der Waals surface area contributed by atoms with Gasteiger partial charge in [0.1, 0.15) is 53.8 Å². The molecule has 0 bridgehead atoms. The average molecular weight is 1030 g/mol. The van der Waals surface area contributed by atoms with E-state index in [4.69, 9.17) is 17.2 Å². The number of benzene rings is 2. The zero-order valence-electron chi connectivity index (χ0n) is 41.3. The number of hydrogen-bond donors (Lipinski definition) is 15. The average Bonchev–Trinajstić information content (AvgIpc) is 3.31. The third kappa shape index (κ3) is 22.6. The number of carboxylic acid groups (broad SMARTS) is 1. The maximum atomic E-state index is 14.2. The molecule has 0 spiro atoms. The summed E-state index contributed by atoms with van der Waals surface area (Å²) in [4.78, 5) is 112. The van der Waals surface area contributed by atoms with E-state index in [1.807, 2.05) is 13.8 Å². The highest BCUT2D eigenvalue weighted by Crippen LogP contribution is 2.15. The van der Waals surface area contributed by atoms with Crippen LogP contribution in [-0.4, -0.2) is 159 Å². The number of phenols is 2. The van der Waals surface area contributed by atoms with Gasteiger partial charge in [-0.05, 0) is 91.3 Å². The first-order valence-corrected chi connectivity index (χ1v) is 24.8. The molecule has 0 radical (unpaired) electrons. The van der Waals surface area contributed by atoms with Crippen LogP contribution in [0.4, 0.5) is 0 Å². The second-order valence-electron chi connectivity index (χ2n) is 18.0. The number of nitrogens with zero attached hydrogens (tertiary/aromatic N) is 1. The lowest BCUT2D eigenvalue weighted by molar-refractivity contribution is -0.142. The number of carbonyl (C=O) groups is 8. The molecule has 0 aliphatic heterocycles. The minimum Gasteiger partial charge on any atom is -0.508 e. The quantitative estimate of drug-likeness (QED) is 0.0206. The summed E-state index contributed by atoms with van der Waals surface area (Å²) in [6.45, 7) is 5.31. The van der Waals surface area contributed by atoms with E-state index < -0.39 is 109 Å². The number of hydrogen-bond acceptors (Lipinski definition) is 15. The van der Waals surface area contributed by atoms with Crippen LogP contribution < -0.4 is 54.4 Å². The van der Waals surface area contributed by atoms with E-state index in [1.54, 1.807) is 20.1 Å². The van der Waals surface area contributed by atoms with Gasteiger partial charge in [0, 0.05) is 19.4 Å². The highest BCUT2D eigenvalue weighted by atomic mass is 32.2. The lowest BCUT2D eigenvalue weighted by atomic mass is 10.0. The van der Waals surface area contributed by atoms with E-state index >= 15 is 0 Å². The van der Waals surface area contributed by atoms with Crippen molar-refractivity contribution in [3.05, 3.63) is 59.7 Å². The maximum absolute atomic E-state index is 14.2. The lowest BCUT2D eigenvalue weighted by Crippen LogP contribution is -2.61. The first-order chi connectivity index (χ1) is 34.0. The van der Waals surface area contributed by atoms with Gasteiger partial charge in [-0.2, -0.15) is 11.8 Å². The largest absolute Gasteiger partial charge is 0.508 e. The van der Waals surface area contributed by atoms with Crippen molar-refractivity contribution < 1.29 is 63.9 Å². The van der Waals surface area contributed by atoms with Gasteiger partial charge in [-0.1, -0.05) is 52.0 Å². The number of carbonyl (C=O) groups excluding carboxylic acids is 7. The number of aliphatic carboxylic acids is 1. The smallest absolute Gasteiger partial charge is 0.326 e. The summed E-state index contributed by atoms with van der Waals surface area (Å²) in [5.74, 6) is -7.83. The van der Waals surface area contributed by atoms with Crippen LogP contribution in [0.3, 0.4) is 0 Å². The molecule has 72 heavy (non-hydrogen) atoms. The molecule has 2 aromatic rings. The molecule has 0 unspecified atom stereocenters. The number of nitrogens with one attached hydrogen (secondary N) is 7. The molecule has 2 rings (SSSR count). The van der Waals surface area contributed by atoms with Crippen molar-refractivity contribution >= 4 is 65.0 Å². The number of nitrogens with two attached hydrogens (primary N) is 3. The number of thioether (sulfide) groups is 1. The third-order valence-corrected chi connectivity index (χ3v) is 11.5. The third-order valence-electron chi connectivity index (χ3n) is 10.9. The Morgan fingerprint density at radius 1 is 0.542 bits per heavy atom. The topological polar surface area (TPSA) is 412 Å². The van der Waals surface area contributed by atoms with Crippen molar-refractivity contribution in [2.24, 2.45) is 34.0 Å². The Morgan fingerprint density at radius 2 is 0.917 bits per heavy atom. The number of phenolic OH excluding ortho intramolecular Hbond substituents is 2. The molecule has 25 heteroatoms. The summed E-state index contributed by atoms with van der Waals surface area (Å²) in [6, 6.07) is -0.0713. The fourth-order valence-corrected chi connectivity index (χ4v) is 7.51. The van der Waals surface area contributed by atoms with Crippen molar-refractivity contribution in [3.63, 3.8) is 0 Å². The normalized spacial score (nSPS) is 14.5. The molecule has 0 fully saturated rings. The fraction of sp³-hybridized carbons (Fsp3) is 0.553. The van der Waals surface area contributed by atoms with Gasteiger partial charge in [-0.25, -0.2) is 4.79 Å². The molecule has 0 saturated heterocycles. The lowest BCUT2D eigenvalue weighted by Gasteiger charge is -2.27. The van der Waals surface area contributed by atoms with Crippen molar-refractivity contribution in [3.8, 4) is 11.5 Å². The molecular weight excluding hydrogens is 959 g/mol. The standard InChI is InChI=1S/C47H73N11O13S/c1-25(2)19-31(48)39(63)52-32(7-6-17-51-47(49)50)40(64)54-34(20-26(3)4)41(65)57-38(24-60)45(69)58-37(23-59)44(68)56-36(22-28-10-14-30(62)15-11-28)43(67)55-35(21-27-8-12-29(61)13-9-27)42(66)53-33(46(70)71)16-18-72-5/h8-15,25-26,31-38,59-62H,6-7,16-24,48H2,1-5H3,(H,52,63)(H,53,66)(H,54,64)(H,55,67)(H,56,68)(H,57,65)(H,58,69)(H,70,71)(H4,49,50,51)/t31-,32-,33-,34-,35-,36-,37-,38-/m0/s1. The van der Waals surface area contributed by atoms with Gasteiger partial charge < -0.3 is 80.0 Å². The minimum atomic E-state index is -1.81. The molecule has 24 nitrogen and oxygen atoms in total. The van der Waals surface area contributed by atoms with Gasteiger partial charge in [0.2, 0.25) is 41.4 Å². The summed E-state index contributed by atoms with van der Waals surface area (Å²) in [7, 11) is 0. The second kappa shape index (κ2) is 31.6. The fourth-order valence-electron chi connectivity index (χ4n) is 7.04. The molecule has 0 aliphatic rings. The Kier molecular flexibility index (Phi) is 27.0. The van der Waals surface area contributed by atoms with Gasteiger partial charge in [0.05, 0.1) is 19.3 Å². The van der Waals surface area contributed by atoms with Crippen LogP contribution in [0, 0.1) is 11.8 Å². The number of amides is 7. The van der Waals surface area contributed by atoms with Crippen LogP contribution in [0.5, 0.6) is 11.5 Å². The molecule has 400 valence electrons. The van der Waals surface area contributed by atoms with Gasteiger partial charge in [0.25, 0.3) is 0 Å². The van der Waals surface area contributed by atoms with Crippen molar-refractivity contribution in [2.75, 3.05) is 31.8 Å². The highest BCUT2D eigenvalue weighted by Gasteiger charge is 2.35. The Hall–Kier alpha value is -6.70. The monoisotopic (exact) mass is 1030 g/mol. The number of guanidine groups is 1. The predicted molar refractivity (Wildman–Crippen MR) is 269 cm³/mol. The van der Waals surface area contributed by atoms with Gasteiger partial charge in [-0.3, -0.25) is 38.6 Å². The van der Waals surface area contributed by atoms with Gasteiger partial charge >= 0.3 is 5.97 Å². The van der Waals surface area contributed by atoms with Crippen LogP contribution in [-0.2, 0) is 51.2 Å². The summed E-state index contributed by atoms with van der Waals surface area (Å²) >= 11 is 1.36. The molecule has 0 aliphatic carbocycles. The zero-order chi connectivity index (χ0) is 54.1. The molecule has 8 atom stereocenters.